The van der Waals surface area contributed by atoms with Crippen LogP contribution < -0.4 is 5.32 Å². The van der Waals surface area contributed by atoms with Gasteiger partial charge in [-0.05, 0) is 24.5 Å². The van der Waals surface area contributed by atoms with Crippen LogP contribution in [0.1, 0.15) is 34.2 Å². The second-order valence-corrected chi connectivity index (χ2v) is 4.78. The molecule has 1 N–H and O–H groups in total. The van der Waals surface area contributed by atoms with Crippen molar-refractivity contribution in [2.45, 2.75) is 19.4 Å². The van der Waals surface area contributed by atoms with E-state index in [1.54, 1.807) is 4.68 Å². The van der Waals surface area contributed by atoms with E-state index in [0.717, 1.165) is 13.0 Å². The third-order valence-electron chi connectivity index (χ3n) is 3.54. The van der Waals surface area contributed by atoms with Crippen molar-refractivity contribution in [2.75, 3.05) is 19.0 Å². The lowest BCUT2D eigenvalue weighted by Gasteiger charge is -2.25. The number of ether oxygens (including phenoxy) is 1. The number of carbonyl (C=O) groups excluding carboxylic acids is 1. The normalized spacial score (nSPS) is 17.2. The molecule has 0 amide bonds. The van der Waals surface area contributed by atoms with Crippen molar-refractivity contribution in [2.24, 2.45) is 0 Å². The number of carbonyl (C=O) groups is 1. The van der Waals surface area contributed by atoms with E-state index in [1.165, 1.54) is 18.2 Å². The number of anilines is 1. The summed E-state index contributed by atoms with van der Waals surface area (Å²) in [6.07, 6.45) is 0.905. The topological polar surface area (TPSA) is 69.0 Å². The second kappa shape index (κ2) is 4.96. The number of hydrogen-bond acceptors (Lipinski definition) is 5. The SMILES string of the molecule is COC(=O)c1nc2n(n1)C(c1ccccc1C)CCN2. The van der Waals surface area contributed by atoms with Crippen molar-refractivity contribution < 1.29 is 9.53 Å². The molecule has 0 bridgehead atoms. The molecule has 0 radical (unpaired) electrons. The van der Waals surface area contributed by atoms with E-state index >= 15 is 0 Å². The zero-order valence-corrected chi connectivity index (χ0v) is 11.5. The standard InChI is InChI=1S/C14H16N4O2/c1-9-5-3-4-6-10(9)11-7-8-15-14-16-12(13(19)20-2)17-18(11)14/h3-6,11H,7-8H2,1-2H3,(H,15,16,17). The van der Waals surface area contributed by atoms with Crippen molar-refractivity contribution >= 4 is 11.9 Å². The van der Waals surface area contributed by atoms with E-state index in [0.29, 0.717) is 5.95 Å². The van der Waals surface area contributed by atoms with Crippen LogP contribution in [0.5, 0.6) is 0 Å². The molecule has 1 aliphatic heterocycles. The lowest BCUT2D eigenvalue weighted by Crippen LogP contribution is -2.25. The van der Waals surface area contributed by atoms with Crippen LogP contribution in [0.2, 0.25) is 0 Å². The molecule has 1 unspecified atom stereocenters. The number of rotatable bonds is 2. The minimum Gasteiger partial charge on any atom is -0.463 e. The number of nitrogens with zero attached hydrogens (tertiary/aromatic N) is 3. The Kier molecular flexibility index (Phi) is 3.14. The van der Waals surface area contributed by atoms with Gasteiger partial charge in [-0.1, -0.05) is 24.3 Å². The average Bonchev–Trinajstić information content (AvgIpc) is 2.91. The van der Waals surface area contributed by atoms with Crippen molar-refractivity contribution in [1.82, 2.24) is 14.8 Å². The van der Waals surface area contributed by atoms with E-state index in [9.17, 15) is 4.79 Å². The molecule has 6 heteroatoms. The fraction of sp³-hybridized carbons (Fsp3) is 0.357. The van der Waals surface area contributed by atoms with E-state index in [1.807, 2.05) is 12.1 Å². The van der Waals surface area contributed by atoms with Crippen LogP contribution in [0.4, 0.5) is 5.95 Å². The van der Waals surface area contributed by atoms with Gasteiger partial charge in [-0.15, -0.1) is 5.10 Å². The Bertz CT molecular complexity index is 650. The molecule has 0 aliphatic carbocycles. The van der Waals surface area contributed by atoms with Crippen LogP contribution >= 0.6 is 0 Å². The monoisotopic (exact) mass is 272 g/mol. The summed E-state index contributed by atoms with van der Waals surface area (Å²) in [5, 5.41) is 7.45. The maximum Gasteiger partial charge on any atom is 0.378 e. The smallest absolute Gasteiger partial charge is 0.378 e. The summed E-state index contributed by atoms with van der Waals surface area (Å²) in [6, 6.07) is 8.30. The highest BCUT2D eigenvalue weighted by atomic mass is 16.5. The highest BCUT2D eigenvalue weighted by Crippen LogP contribution is 2.30. The fourth-order valence-corrected chi connectivity index (χ4v) is 2.53. The molecule has 3 rings (SSSR count). The van der Waals surface area contributed by atoms with Crippen molar-refractivity contribution in [3.8, 4) is 0 Å². The Labute approximate surface area is 116 Å². The molecule has 1 atom stereocenters. The molecular weight excluding hydrogens is 256 g/mol. The van der Waals surface area contributed by atoms with Gasteiger partial charge >= 0.3 is 5.97 Å². The Balaban J connectivity index is 2.04. The van der Waals surface area contributed by atoms with Gasteiger partial charge in [0, 0.05) is 6.54 Å². The molecule has 104 valence electrons. The number of nitrogens with one attached hydrogen (secondary N) is 1. The number of esters is 1. The number of benzene rings is 1. The molecule has 2 aromatic rings. The fourth-order valence-electron chi connectivity index (χ4n) is 2.53. The minimum absolute atomic E-state index is 0.0930. The van der Waals surface area contributed by atoms with E-state index in [2.05, 4.69) is 39.2 Å². The summed E-state index contributed by atoms with van der Waals surface area (Å²) in [5.74, 6) is 0.192. The summed E-state index contributed by atoms with van der Waals surface area (Å²) in [7, 11) is 1.33. The molecule has 1 aromatic heterocycles. The lowest BCUT2D eigenvalue weighted by molar-refractivity contribution is 0.0586. The molecule has 0 fully saturated rings. The first-order valence-electron chi connectivity index (χ1n) is 6.55. The lowest BCUT2D eigenvalue weighted by atomic mass is 9.98. The molecule has 6 nitrogen and oxygen atoms in total. The second-order valence-electron chi connectivity index (χ2n) is 4.78. The molecule has 20 heavy (non-hydrogen) atoms. The predicted octanol–water partition coefficient (Wildman–Crippen LogP) is 1.78. The quantitative estimate of drug-likeness (QED) is 0.844. The van der Waals surface area contributed by atoms with Gasteiger partial charge < -0.3 is 10.1 Å². The maximum absolute atomic E-state index is 11.6. The number of fused-ring (bicyclic) bond motifs is 1. The molecule has 1 aliphatic rings. The third-order valence-corrected chi connectivity index (χ3v) is 3.54. The highest BCUT2D eigenvalue weighted by Gasteiger charge is 2.27. The summed E-state index contributed by atoms with van der Waals surface area (Å²) in [6.45, 7) is 2.88. The summed E-state index contributed by atoms with van der Waals surface area (Å²) in [5.41, 5.74) is 2.41. The van der Waals surface area contributed by atoms with E-state index in [-0.39, 0.29) is 11.9 Å². The first kappa shape index (κ1) is 12.7. The van der Waals surface area contributed by atoms with Crippen LogP contribution in [-0.4, -0.2) is 34.4 Å². The number of hydrogen-bond donors (Lipinski definition) is 1. The van der Waals surface area contributed by atoms with Crippen molar-refractivity contribution in [3.05, 3.63) is 41.2 Å². The molecule has 1 aromatic carbocycles. The van der Waals surface area contributed by atoms with Crippen LogP contribution in [-0.2, 0) is 4.74 Å². The number of aromatic nitrogens is 3. The van der Waals surface area contributed by atoms with Crippen LogP contribution in [0.25, 0.3) is 0 Å². The first-order chi connectivity index (χ1) is 9.70. The van der Waals surface area contributed by atoms with Crippen LogP contribution in [0.15, 0.2) is 24.3 Å². The van der Waals surface area contributed by atoms with Gasteiger partial charge in [0.25, 0.3) is 5.82 Å². The van der Waals surface area contributed by atoms with Gasteiger partial charge in [0.15, 0.2) is 0 Å². The Morgan fingerprint density at radius 2 is 2.25 bits per heavy atom. The van der Waals surface area contributed by atoms with Gasteiger partial charge in [0.1, 0.15) is 0 Å². The van der Waals surface area contributed by atoms with Gasteiger partial charge in [0.2, 0.25) is 5.95 Å². The van der Waals surface area contributed by atoms with Crippen LogP contribution in [0, 0.1) is 6.92 Å². The molecule has 0 saturated heterocycles. The van der Waals surface area contributed by atoms with Gasteiger partial charge in [-0.2, -0.15) is 4.98 Å². The zero-order valence-electron chi connectivity index (χ0n) is 11.5. The average molecular weight is 272 g/mol. The maximum atomic E-state index is 11.6. The molecule has 2 heterocycles. The Morgan fingerprint density at radius 3 is 3.00 bits per heavy atom. The van der Waals surface area contributed by atoms with Crippen molar-refractivity contribution in [3.63, 3.8) is 0 Å². The zero-order chi connectivity index (χ0) is 14.1. The summed E-state index contributed by atoms with van der Waals surface area (Å²) < 4.78 is 6.45. The van der Waals surface area contributed by atoms with Crippen LogP contribution in [0.3, 0.4) is 0 Å². The summed E-state index contributed by atoms with van der Waals surface area (Å²) in [4.78, 5) is 15.7. The van der Waals surface area contributed by atoms with Crippen molar-refractivity contribution in [1.29, 1.82) is 0 Å². The first-order valence-corrected chi connectivity index (χ1v) is 6.55. The van der Waals surface area contributed by atoms with Gasteiger partial charge in [0.05, 0.1) is 13.2 Å². The molecule has 0 spiro atoms. The predicted molar refractivity (Wildman–Crippen MR) is 73.8 cm³/mol. The van der Waals surface area contributed by atoms with Gasteiger partial charge in [-0.25, -0.2) is 9.48 Å². The van der Waals surface area contributed by atoms with E-state index in [4.69, 9.17) is 0 Å². The van der Waals surface area contributed by atoms with Gasteiger partial charge in [-0.3, -0.25) is 0 Å². The molecular formula is C14H16N4O2. The van der Waals surface area contributed by atoms with E-state index < -0.39 is 5.97 Å². The number of aryl methyl sites for hydroxylation is 1. The largest absolute Gasteiger partial charge is 0.463 e. The third kappa shape index (κ3) is 2.03. The Hall–Kier alpha value is -2.37. The summed E-state index contributed by atoms with van der Waals surface area (Å²) >= 11 is 0. The number of methoxy groups -OCH3 is 1. The minimum atomic E-state index is -0.516. The molecule has 0 saturated carbocycles. The Morgan fingerprint density at radius 1 is 1.45 bits per heavy atom. The highest BCUT2D eigenvalue weighted by molar-refractivity contribution is 5.85.